The molecule has 0 atom stereocenters. The van der Waals surface area contributed by atoms with Gasteiger partial charge in [0.15, 0.2) is 0 Å². The van der Waals surface area contributed by atoms with E-state index in [-0.39, 0.29) is 0 Å². The Hall–Kier alpha value is -1.39. The van der Waals surface area contributed by atoms with Crippen LogP contribution in [-0.2, 0) is 13.2 Å². The molecule has 1 aromatic heterocycles. The minimum absolute atomic E-state index is 0.497. The van der Waals surface area contributed by atoms with Gasteiger partial charge < -0.3 is 10.1 Å². The highest BCUT2D eigenvalue weighted by molar-refractivity contribution is 9.10. The Morgan fingerprint density at radius 2 is 2.14 bits per heavy atom. The normalized spacial score (nSPS) is 14.2. The van der Waals surface area contributed by atoms with E-state index in [9.17, 15) is 0 Å². The van der Waals surface area contributed by atoms with Crippen LogP contribution in [0.1, 0.15) is 29.7 Å². The smallest absolute Gasteiger partial charge is 0.130 e. The molecule has 0 saturated heterocycles. The molecule has 3 rings (SSSR count). The number of aromatic nitrogens is 1. The molecule has 1 aromatic carbocycles. The molecule has 0 amide bonds. The topological polar surface area (TPSA) is 34.1 Å². The second-order valence-electron chi connectivity index (χ2n) is 5.51. The molecule has 0 radical (unpaired) electrons. The second-order valence-corrected chi connectivity index (χ2v) is 6.37. The predicted octanol–water partition coefficient (Wildman–Crippen LogP) is 3.98. The number of hydrogen-bond donors (Lipinski definition) is 1. The van der Waals surface area contributed by atoms with Gasteiger partial charge in [-0.3, -0.25) is 4.98 Å². The van der Waals surface area contributed by atoms with Crippen LogP contribution >= 0.6 is 15.9 Å². The third-order valence-corrected chi connectivity index (χ3v) is 4.46. The molecule has 110 valence electrons. The maximum Gasteiger partial charge on any atom is 0.130 e. The van der Waals surface area contributed by atoms with Crippen molar-refractivity contribution < 1.29 is 4.74 Å². The van der Waals surface area contributed by atoms with Crippen molar-refractivity contribution in [2.24, 2.45) is 0 Å². The van der Waals surface area contributed by atoms with Crippen molar-refractivity contribution in [3.8, 4) is 5.75 Å². The summed E-state index contributed by atoms with van der Waals surface area (Å²) in [5.74, 6) is 0.872. The van der Waals surface area contributed by atoms with Crippen molar-refractivity contribution in [3.05, 3.63) is 57.8 Å². The minimum Gasteiger partial charge on any atom is -0.487 e. The fourth-order valence-corrected chi connectivity index (χ4v) is 2.31. The molecule has 1 N–H and O–H groups in total. The first-order valence-corrected chi connectivity index (χ1v) is 8.06. The van der Waals surface area contributed by atoms with Crippen LogP contribution in [0.15, 0.2) is 41.0 Å². The first-order valence-electron chi connectivity index (χ1n) is 7.27. The van der Waals surface area contributed by atoms with Gasteiger partial charge in [-0.2, -0.15) is 0 Å². The lowest BCUT2D eigenvalue weighted by Crippen LogP contribution is -2.15. The lowest BCUT2D eigenvalue weighted by molar-refractivity contribution is 0.301. The molecule has 1 aliphatic rings. The molecule has 1 saturated carbocycles. The highest BCUT2D eigenvalue weighted by Crippen LogP contribution is 2.22. The van der Waals surface area contributed by atoms with Gasteiger partial charge in [-0.1, -0.05) is 22.0 Å². The van der Waals surface area contributed by atoms with E-state index in [1.165, 1.54) is 24.0 Å². The number of nitrogens with one attached hydrogen (secondary N) is 1. The van der Waals surface area contributed by atoms with Crippen molar-refractivity contribution in [2.45, 2.75) is 39.0 Å². The standard InChI is InChI=1S/C17H19BrN2O/c1-12-8-16(6-7-17(12)18)21-11-15-3-2-13(10-20-15)9-19-14-4-5-14/h2-3,6-8,10,14,19H,4-5,9,11H2,1H3. The monoisotopic (exact) mass is 346 g/mol. The van der Waals surface area contributed by atoms with Gasteiger partial charge in [-0.05, 0) is 55.2 Å². The van der Waals surface area contributed by atoms with E-state index in [1.807, 2.05) is 30.5 Å². The minimum atomic E-state index is 0.497. The average Bonchev–Trinajstić information content (AvgIpc) is 3.32. The van der Waals surface area contributed by atoms with Gasteiger partial charge in [0.1, 0.15) is 12.4 Å². The third-order valence-electron chi connectivity index (χ3n) is 3.57. The van der Waals surface area contributed by atoms with Gasteiger partial charge in [0.25, 0.3) is 0 Å². The Labute approximate surface area is 133 Å². The lowest BCUT2D eigenvalue weighted by atomic mass is 10.2. The largest absolute Gasteiger partial charge is 0.487 e. The van der Waals surface area contributed by atoms with Gasteiger partial charge in [-0.15, -0.1) is 0 Å². The Morgan fingerprint density at radius 3 is 2.81 bits per heavy atom. The molecule has 2 aromatic rings. The summed E-state index contributed by atoms with van der Waals surface area (Å²) in [6.07, 6.45) is 4.55. The van der Waals surface area contributed by atoms with Gasteiger partial charge in [0, 0.05) is 23.3 Å². The van der Waals surface area contributed by atoms with Gasteiger partial charge in [0.05, 0.1) is 5.69 Å². The van der Waals surface area contributed by atoms with Crippen molar-refractivity contribution >= 4 is 15.9 Å². The van der Waals surface area contributed by atoms with E-state index in [2.05, 4.69) is 39.2 Å². The molecular formula is C17H19BrN2O. The fraction of sp³-hybridized carbons (Fsp3) is 0.353. The maximum absolute atomic E-state index is 5.78. The molecule has 1 aliphatic carbocycles. The van der Waals surface area contributed by atoms with Crippen molar-refractivity contribution in [2.75, 3.05) is 0 Å². The quantitative estimate of drug-likeness (QED) is 0.858. The van der Waals surface area contributed by atoms with Crippen LogP contribution in [-0.4, -0.2) is 11.0 Å². The number of rotatable bonds is 6. The first-order chi connectivity index (χ1) is 10.2. The first kappa shape index (κ1) is 14.5. The fourth-order valence-electron chi connectivity index (χ4n) is 2.06. The van der Waals surface area contributed by atoms with E-state index >= 15 is 0 Å². The summed E-state index contributed by atoms with van der Waals surface area (Å²) < 4.78 is 6.87. The molecular weight excluding hydrogens is 328 g/mol. The Morgan fingerprint density at radius 1 is 1.29 bits per heavy atom. The summed E-state index contributed by atoms with van der Waals surface area (Å²) in [6.45, 7) is 3.46. The number of aryl methyl sites for hydroxylation is 1. The van der Waals surface area contributed by atoms with Crippen molar-refractivity contribution in [1.82, 2.24) is 10.3 Å². The zero-order valence-corrected chi connectivity index (χ0v) is 13.7. The molecule has 3 nitrogen and oxygen atoms in total. The lowest BCUT2D eigenvalue weighted by Gasteiger charge is -2.08. The summed E-state index contributed by atoms with van der Waals surface area (Å²) >= 11 is 3.49. The summed E-state index contributed by atoms with van der Waals surface area (Å²) in [4.78, 5) is 4.46. The summed E-state index contributed by atoms with van der Waals surface area (Å²) in [7, 11) is 0. The van der Waals surface area contributed by atoms with Crippen molar-refractivity contribution in [3.63, 3.8) is 0 Å². The van der Waals surface area contributed by atoms with Crippen LogP contribution in [0.3, 0.4) is 0 Å². The van der Waals surface area contributed by atoms with Gasteiger partial charge in [0.2, 0.25) is 0 Å². The molecule has 1 fully saturated rings. The maximum atomic E-state index is 5.78. The van der Waals surface area contributed by atoms with Gasteiger partial charge in [-0.25, -0.2) is 0 Å². The number of nitrogens with zero attached hydrogens (tertiary/aromatic N) is 1. The van der Waals surface area contributed by atoms with E-state index < -0.39 is 0 Å². The summed E-state index contributed by atoms with van der Waals surface area (Å²) in [5, 5.41) is 3.49. The number of pyridine rings is 1. The second kappa shape index (κ2) is 6.58. The summed E-state index contributed by atoms with van der Waals surface area (Å²) in [5.41, 5.74) is 3.35. The number of halogens is 1. The van der Waals surface area contributed by atoms with Gasteiger partial charge >= 0.3 is 0 Å². The van der Waals surface area contributed by atoms with Crippen LogP contribution in [0.2, 0.25) is 0 Å². The number of hydrogen-bond acceptors (Lipinski definition) is 3. The zero-order valence-electron chi connectivity index (χ0n) is 12.1. The van der Waals surface area contributed by atoms with Crippen LogP contribution in [0, 0.1) is 6.92 Å². The Balaban J connectivity index is 1.53. The van der Waals surface area contributed by atoms with E-state index in [1.54, 1.807) is 0 Å². The highest BCUT2D eigenvalue weighted by atomic mass is 79.9. The molecule has 21 heavy (non-hydrogen) atoms. The van der Waals surface area contributed by atoms with E-state index in [0.717, 1.165) is 28.5 Å². The SMILES string of the molecule is Cc1cc(OCc2ccc(CNC3CC3)cn2)ccc1Br. The molecule has 0 spiro atoms. The Bertz CT molecular complexity index is 609. The van der Waals surface area contributed by atoms with Crippen molar-refractivity contribution in [1.29, 1.82) is 0 Å². The van der Waals surface area contributed by atoms with Crippen LogP contribution in [0.25, 0.3) is 0 Å². The molecule has 0 bridgehead atoms. The zero-order chi connectivity index (χ0) is 14.7. The molecule has 1 heterocycles. The number of benzene rings is 1. The Kier molecular flexibility index (Phi) is 4.56. The van der Waals surface area contributed by atoms with Crippen LogP contribution in [0.5, 0.6) is 5.75 Å². The van der Waals surface area contributed by atoms with Crippen LogP contribution < -0.4 is 10.1 Å². The highest BCUT2D eigenvalue weighted by Gasteiger charge is 2.19. The summed E-state index contributed by atoms with van der Waals surface area (Å²) in [6, 6.07) is 10.9. The number of ether oxygens (including phenoxy) is 1. The van der Waals surface area contributed by atoms with E-state index in [4.69, 9.17) is 4.74 Å². The molecule has 4 heteroatoms. The van der Waals surface area contributed by atoms with E-state index in [0.29, 0.717) is 6.61 Å². The average molecular weight is 347 g/mol. The predicted molar refractivity (Wildman–Crippen MR) is 87.3 cm³/mol. The third kappa shape index (κ3) is 4.29. The molecule has 0 aliphatic heterocycles. The van der Waals surface area contributed by atoms with Crippen LogP contribution in [0.4, 0.5) is 0 Å². The molecule has 0 unspecified atom stereocenters.